The third-order valence-corrected chi connectivity index (χ3v) is 7.54. The summed E-state index contributed by atoms with van der Waals surface area (Å²) in [6, 6.07) is 11.3. The molecule has 1 fully saturated rings. The number of ether oxygens (including phenoxy) is 1. The van der Waals surface area contributed by atoms with Gasteiger partial charge in [0.15, 0.2) is 5.82 Å². The van der Waals surface area contributed by atoms with Crippen molar-refractivity contribution in [2.45, 2.75) is 45.1 Å². The predicted molar refractivity (Wildman–Crippen MR) is 142 cm³/mol. The number of carbonyl (C=O) groups excluding carboxylic acids is 1. The van der Waals surface area contributed by atoms with Crippen molar-refractivity contribution in [3.63, 3.8) is 0 Å². The lowest BCUT2D eigenvalue weighted by Crippen LogP contribution is -2.32. The van der Waals surface area contributed by atoms with Crippen molar-refractivity contribution in [2.24, 2.45) is 5.41 Å². The van der Waals surface area contributed by atoms with Crippen LogP contribution in [-0.2, 0) is 11.3 Å². The maximum absolute atomic E-state index is 13.7. The number of carboxylic acid groups (broad SMARTS) is 1. The second-order valence-electron chi connectivity index (χ2n) is 10.1. The zero-order chi connectivity index (χ0) is 27.7. The number of nitrogen functional groups attached to an aromatic ring is 1. The summed E-state index contributed by atoms with van der Waals surface area (Å²) in [5, 5.41) is 16.8. The molecule has 0 atom stereocenters. The molecule has 2 aromatic carbocycles. The van der Waals surface area contributed by atoms with Gasteiger partial charge in [-0.3, -0.25) is 9.59 Å². The van der Waals surface area contributed by atoms with Gasteiger partial charge in [-0.25, -0.2) is 18.9 Å². The molecule has 1 aliphatic rings. The van der Waals surface area contributed by atoms with Gasteiger partial charge in [0, 0.05) is 18.0 Å². The molecule has 0 aliphatic heterocycles. The zero-order valence-corrected chi connectivity index (χ0v) is 21.6. The monoisotopic (exact) mass is 532 g/mol. The topological polar surface area (TPSA) is 145 Å². The van der Waals surface area contributed by atoms with Gasteiger partial charge in [-0.15, -0.1) is 0 Å². The Morgan fingerprint density at radius 2 is 1.92 bits per heavy atom. The minimum atomic E-state index is -0.771. The van der Waals surface area contributed by atoms with Crippen molar-refractivity contribution in [3.8, 4) is 17.0 Å². The number of rotatable bonds is 7. The van der Waals surface area contributed by atoms with Crippen LogP contribution in [0, 0.1) is 11.2 Å². The van der Waals surface area contributed by atoms with E-state index >= 15 is 0 Å². The number of carbonyl (C=O) groups is 2. The fourth-order valence-electron chi connectivity index (χ4n) is 5.09. The normalized spacial score (nSPS) is 19.1. The Morgan fingerprint density at radius 3 is 2.59 bits per heavy atom. The molecule has 4 aromatic rings. The Labute approximate surface area is 224 Å². The maximum Gasteiger partial charge on any atom is 0.309 e. The maximum atomic E-state index is 13.7. The van der Waals surface area contributed by atoms with E-state index < -0.39 is 23.1 Å². The molecule has 0 unspecified atom stereocenters. The van der Waals surface area contributed by atoms with E-state index in [1.807, 2.05) is 24.3 Å². The Bertz CT molecular complexity index is 1540. The summed E-state index contributed by atoms with van der Waals surface area (Å²) in [6.45, 7) is 2.02. The molecule has 10 nitrogen and oxygen atoms in total. The van der Waals surface area contributed by atoms with Crippen LogP contribution in [0.1, 0.15) is 60.3 Å². The van der Waals surface area contributed by atoms with E-state index in [0.717, 1.165) is 23.0 Å². The van der Waals surface area contributed by atoms with Crippen molar-refractivity contribution in [1.29, 1.82) is 0 Å². The molecule has 5 rings (SSSR count). The first-order chi connectivity index (χ1) is 18.7. The summed E-state index contributed by atoms with van der Waals surface area (Å²) in [6.07, 6.45) is 3.86. The lowest BCUT2D eigenvalue weighted by Gasteiger charge is -2.33. The van der Waals surface area contributed by atoms with E-state index in [9.17, 15) is 19.1 Å². The summed E-state index contributed by atoms with van der Waals surface area (Å²) < 4.78 is 20.5. The Hall–Kier alpha value is -4.54. The van der Waals surface area contributed by atoms with Crippen LogP contribution < -0.4 is 15.8 Å². The lowest BCUT2D eigenvalue weighted by molar-refractivity contribution is -0.150. The molecule has 1 saturated carbocycles. The molecule has 11 heteroatoms. The Morgan fingerprint density at radius 1 is 1.21 bits per heavy atom. The SMILES string of the molecule is COc1ccc(F)cc1C(=O)NCc1ccc(-c2nc([C@H]3CC[C@](C)(C(=O)O)CC3)n3ncnc(N)c23)cc1. The predicted octanol–water partition coefficient (Wildman–Crippen LogP) is 4.20. The van der Waals surface area contributed by atoms with E-state index in [0.29, 0.717) is 42.7 Å². The first-order valence-electron chi connectivity index (χ1n) is 12.6. The van der Waals surface area contributed by atoms with Crippen LogP contribution in [0.15, 0.2) is 48.8 Å². The van der Waals surface area contributed by atoms with Gasteiger partial charge >= 0.3 is 5.97 Å². The molecular formula is C28H29FN6O4. The summed E-state index contributed by atoms with van der Waals surface area (Å²) in [7, 11) is 1.42. The number of amides is 1. The van der Waals surface area contributed by atoms with Crippen molar-refractivity contribution >= 4 is 23.2 Å². The minimum Gasteiger partial charge on any atom is -0.496 e. The first-order valence-corrected chi connectivity index (χ1v) is 12.6. The number of nitrogens with zero attached hydrogens (tertiary/aromatic N) is 4. The van der Waals surface area contributed by atoms with Crippen LogP contribution in [0.3, 0.4) is 0 Å². The first kappa shape index (κ1) is 26.1. The molecule has 2 heterocycles. The average molecular weight is 533 g/mol. The number of hydrogen-bond acceptors (Lipinski definition) is 7. The number of halogens is 1. The number of fused-ring (bicyclic) bond motifs is 1. The number of benzene rings is 2. The van der Waals surface area contributed by atoms with E-state index in [4.69, 9.17) is 15.5 Å². The van der Waals surface area contributed by atoms with Crippen LogP contribution in [-0.4, -0.2) is 43.7 Å². The van der Waals surface area contributed by atoms with E-state index in [2.05, 4.69) is 15.4 Å². The highest BCUT2D eigenvalue weighted by Gasteiger charge is 2.39. The molecule has 4 N–H and O–H groups in total. The molecule has 0 spiro atoms. The third kappa shape index (κ3) is 4.99. The van der Waals surface area contributed by atoms with Crippen LogP contribution in [0.5, 0.6) is 5.75 Å². The minimum absolute atomic E-state index is 0.0438. The number of nitrogens with two attached hydrogens (primary N) is 1. The quantitative estimate of drug-likeness (QED) is 0.321. The second kappa shape index (κ2) is 10.3. The van der Waals surface area contributed by atoms with Crippen LogP contribution in [0.2, 0.25) is 0 Å². The molecule has 1 aliphatic carbocycles. The molecular weight excluding hydrogens is 503 g/mol. The molecule has 0 radical (unpaired) electrons. The number of aromatic nitrogens is 4. The number of methoxy groups -OCH3 is 1. The molecule has 39 heavy (non-hydrogen) atoms. The van der Waals surface area contributed by atoms with Gasteiger partial charge in [0.1, 0.15) is 34.9 Å². The largest absolute Gasteiger partial charge is 0.496 e. The summed E-state index contributed by atoms with van der Waals surface area (Å²) in [4.78, 5) is 33.4. The van der Waals surface area contributed by atoms with Gasteiger partial charge in [0.2, 0.25) is 0 Å². The second-order valence-corrected chi connectivity index (χ2v) is 10.1. The number of hydrogen-bond donors (Lipinski definition) is 3. The van der Waals surface area contributed by atoms with E-state index in [-0.39, 0.29) is 23.8 Å². The summed E-state index contributed by atoms with van der Waals surface area (Å²) >= 11 is 0. The van der Waals surface area contributed by atoms with Crippen LogP contribution in [0.4, 0.5) is 10.2 Å². The summed E-state index contributed by atoms with van der Waals surface area (Å²) in [5.74, 6) is -0.375. The van der Waals surface area contributed by atoms with Gasteiger partial charge in [-0.2, -0.15) is 5.10 Å². The van der Waals surface area contributed by atoms with Gasteiger partial charge in [-0.1, -0.05) is 24.3 Å². The van der Waals surface area contributed by atoms with Crippen LogP contribution >= 0.6 is 0 Å². The summed E-state index contributed by atoms with van der Waals surface area (Å²) in [5.41, 5.74) is 8.49. The highest BCUT2D eigenvalue weighted by atomic mass is 19.1. The number of carboxylic acids is 1. The van der Waals surface area contributed by atoms with Gasteiger partial charge in [-0.05, 0) is 56.4 Å². The standard InChI is InChI=1S/C28H29FN6O4/c1-28(27(37)38)11-9-18(10-12-28)25-34-22(23-24(30)32-15-33-35(23)25)17-5-3-16(4-6-17)14-31-26(36)20-13-19(29)7-8-21(20)39-2/h3-8,13,15,18H,9-12,14H2,1-2H3,(H,31,36)(H,37,38)(H2,30,32,33)/t18-,28-. The number of nitrogens with one attached hydrogen (secondary N) is 1. The van der Waals surface area contributed by atoms with Crippen molar-refractivity contribution < 1.29 is 23.8 Å². The van der Waals surface area contributed by atoms with Crippen molar-refractivity contribution in [1.82, 2.24) is 24.9 Å². The smallest absolute Gasteiger partial charge is 0.309 e. The van der Waals surface area contributed by atoms with Crippen molar-refractivity contribution in [3.05, 3.63) is 71.6 Å². The number of imidazole rings is 1. The van der Waals surface area contributed by atoms with E-state index in [1.54, 1.807) is 11.4 Å². The fourth-order valence-corrected chi connectivity index (χ4v) is 5.09. The molecule has 2 aromatic heterocycles. The van der Waals surface area contributed by atoms with Gasteiger partial charge < -0.3 is 20.9 Å². The molecule has 0 saturated heterocycles. The lowest BCUT2D eigenvalue weighted by atomic mass is 9.71. The van der Waals surface area contributed by atoms with Gasteiger partial charge in [0.25, 0.3) is 5.91 Å². The fraction of sp³-hybridized carbons (Fsp3) is 0.321. The number of aliphatic carboxylic acids is 1. The highest BCUT2D eigenvalue weighted by molar-refractivity contribution is 5.97. The Kier molecular flexibility index (Phi) is 6.90. The van der Waals surface area contributed by atoms with Gasteiger partial charge in [0.05, 0.1) is 18.1 Å². The molecule has 202 valence electrons. The Balaban J connectivity index is 1.37. The average Bonchev–Trinajstić information content (AvgIpc) is 3.33. The number of anilines is 1. The molecule has 0 bridgehead atoms. The van der Waals surface area contributed by atoms with E-state index in [1.165, 1.54) is 25.6 Å². The third-order valence-electron chi connectivity index (χ3n) is 7.54. The van der Waals surface area contributed by atoms with Crippen LogP contribution in [0.25, 0.3) is 16.8 Å². The van der Waals surface area contributed by atoms with Crippen molar-refractivity contribution in [2.75, 3.05) is 12.8 Å². The highest BCUT2D eigenvalue weighted by Crippen LogP contribution is 2.43. The molecule has 1 amide bonds. The zero-order valence-electron chi connectivity index (χ0n) is 21.6.